The van der Waals surface area contributed by atoms with Crippen LogP contribution in [0.4, 0.5) is 0 Å². The first kappa shape index (κ1) is 18.4. The van der Waals surface area contributed by atoms with Crippen LogP contribution in [0.25, 0.3) is 0 Å². The second kappa shape index (κ2) is 8.81. The summed E-state index contributed by atoms with van der Waals surface area (Å²) in [6, 6.07) is 0. The average molecular weight is 348 g/mol. The van der Waals surface area contributed by atoms with Crippen molar-refractivity contribution < 1.29 is 9.53 Å². The Balaban J connectivity index is 1.72. The van der Waals surface area contributed by atoms with E-state index < -0.39 is 0 Å². The van der Waals surface area contributed by atoms with Crippen LogP contribution in [-0.2, 0) is 22.5 Å². The number of aromatic nitrogens is 3. The third-order valence-electron chi connectivity index (χ3n) is 6.27. The summed E-state index contributed by atoms with van der Waals surface area (Å²) in [6.07, 6.45) is 13.4. The normalized spacial score (nSPS) is 25.0. The van der Waals surface area contributed by atoms with Crippen LogP contribution in [0.2, 0.25) is 0 Å². The molecule has 25 heavy (non-hydrogen) atoms. The fourth-order valence-corrected chi connectivity index (χ4v) is 4.84. The minimum atomic E-state index is -0.0842. The molecule has 1 aromatic rings. The van der Waals surface area contributed by atoms with Crippen LogP contribution in [0.15, 0.2) is 0 Å². The Morgan fingerprint density at radius 2 is 1.80 bits per heavy atom. The van der Waals surface area contributed by atoms with Gasteiger partial charge < -0.3 is 9.30 Å². The number of methoxy groups -OCH3 is 1. The van der Waals surface area contributed by atoms with Crippen LogP contribution in [0.3, 0.4) is 0 Å². The zero-order valence-corrected chi connectivity index (χ0v) is 15.9. The van der Waals surface area contributed by atoms with Gasteiger partial charge in [0, 0.05) is 18.9 Å². The van der Waals surface area contributed by atoms with Crippen LogP contribution >= 0.6 is 0 Å². The van der Waals surface area contributed by atoms with Gasteiger partial charge in [-0.1, -0.05) is 44.9 Å². The van der Waals surface area contributed by atoms with E-state index >= 15 is 0 Å². The van der Waals surface area contributed by atoms with Crippen molar-refractivity contribution in [3.8, 4) is 0 Å². The molecule has 2 aliphatic carbocycles. The highest BCUT2D eigenvalue weighted by Gasteiger charge is 2.36. The lowest BCUT2D eigenvalue weighted by molar-refractivity contribution is -0.147. The third-order valence-corrected chi connectivity index (χ3v) is 6.27. The first-order valence-electron chi connectivity index (χ1n) is 10.2. The minimum Gasteiger partial charge on any atom is -0.469 e. The smallest absolute Gasteiger partial charge is 0.309 e. The monoisotopic (exact) mass is 347 g/mol. The predicted molar refractivity (Wildman–Crippen MR) is 97.3 cm³/mol. The molecular formula is C20H33N3O2. The second-order valence-electron chi connectivity index (χ2n) is 7.78. The lowest BCUT2D eigenvalue weighted by Gasteiger charge is -2.29. The molecule has 0 aromatic carbocycles. The number of carbonyl (C=O) groups is 1. The Morgan fingerprint density at radius 1 is 1.08 bits per heavy atom. The molecule has 0 saturated heterocycles. The van der Waals surface area contributed by atoms with Crippen LogP contribution in [0.5, 0.6) is 0 Å². The van der Waals surface area contributed by atoms with E-state index in [0.29, 0.717) is 0 Å². The highest BCUT2D eigenvalue weighted by molar-refractivity contribution is 5.73. The molecule has 1 heterocycles. The van der Waals surface area contributed by atoms with Crippen molar-refractivity contribution in [2.45, 2.75) is 90.0 Å². The summed E-state index contributed by atoms with van der Waals surface area (Å²) >= 11 is 0. The minimum absolute atomic E-state index is 0.0561. The van der Waals surface area contributed by atoms with Gasteiger partial charge in [0.1, 0.15) is 11.6 Å². The molecule has 0 bridgehead atoms. The van der Waals surface area contributed by atoms with Crippen molar-refractivity contribution in [3.63, 3.8) is 0 Å². The molecule has 0 radical (unpaired) electrons. The van der Waals surface area contributed by atoms with Crippen molar-refractivity contribution in [3.05, 3.63) is 11.6 Å². The highest BCUT2D eigenvalue weighted by Crippen LogP contribution is 2.38. The summed E-state index contributed by atoms with van der Waals surface area (Å²) in [4.78, 5) is 12.2. The number of hydrogen-bond acceptors (Lipinski definition) is 4. The summed E-state index contributed by atoms with van der Waals surface area (Å²) in [5.74, 6) is 3.00. The maximum atomic E-state index is 12.2. The van der Waals surface area contributed by atoms with Gasteiger partial charge >= 0.3 is 5.97 Å². The Morgan fingerprint density at radius 3 is 2.52 bits per heavy atom. The number of carbonyl (C=O) groups excluding carboxylic acids is 1. The Labute approximate surface area is 151 Å². The van der Waals surface area contributed by atoms with E-state index in [-0.39, 0.29) is 17.8 Å². The number of rotatable bonds is 6. The van der Waals surface area contributed by atoms with Gasteiger partial charge in [-0.15, -0.1) is 10.2 Å². The lowest BCUT2D eigenvalue weighted by Crippen LogP contribution is -2.29. The second-order valence-corrected chi connectivity index (χ2v) is 7.78. The van der Waals surface area contributed by atoms with E-state index in [2.05, 4.69) is 21.7 Å². The van der Waals surface area contributed by atoms with E-state index in [9.17, 15) is 4.79 Å². The molecule has 0 spiro atoms. The van der Waals surface area contributed by atoms with E-state index in [1.807, 2.05) is 0 Å². The zero-order chi connectivity index (χ0) is 17.6. The lowest BCUT2D eigenvalue weighted by atomic mass is 9.78. The molecule has 5 nitrogen and oxygen atoms in total. The van der Waals surface area contributed by atoms with Crippen molar-refractivity contribution >= 4 is 5.97 Å². The fraction of sp³-hybridized carbons (Fsp3) is 0.850. The summed E-state index contributed by atoms with van der Waals surface area (Å²) in [5, 5.41) is 9.07. The molecule has 3 rings (SSSR count). The number of ether oxygens (including phenoxy) is 1. The van der Waals surface area contributed by atoms with Gasteiger partial charge in [-0.25, -0.2) is 0 Å². The predicted octanol–water partition coefficient (Wildman–Crippen LogP) is 4.26. The van der Waals surface area contributed by atoms with Gasteiger partial charge in [0.25, 0.3) is 0 Å². The van der Waals surface area contributed by atoms with Crippen molar-refractivity contribution in [1.29, 1.82) is 0 Å². The first-order valence-corrected chi connectivity index (χ1v) is 10.2. The summed E-state index contributed by atoms with van der Waals surface area (Å²) in [5.41, 5.74) is 0. The topological polar surface area (TPSA) is 57.0 Å². The molecular weight excluding hydrogens is 314 g/mol. The fourth-order valence-electron chi connectivity index (χ4n) is 4.84. The summed E-state index contributed by atoms with van der Waals surface area (Å²) < 4.78 is 7.32. The molecule has 0 amide bonds. The van der Waals surface area contributed by atoms with Crippen LogP contribution in [0.1, 0.15) is 88.7 Å². The number of hydrogen-bond donors (Lipinski definition) is 0. The molecule has 5 heteroatoms. The van der Waals surface area contributed by atoms with E-state index in [0.717, 1.165) is 56.2 Å². The molecule has 2 saturated carbocycles. The Hall–Kier alpha value is -1.39. The SMILES string of the molecule is CCn1c(CCC2CCCCC2)nnc1C1CCCC[C@@H]1C(=O)OC. The first-order chi connectivity index (χ1) is 12.2. The number of esters is 1. The molecule has 1 aromatic heterocycles. The molecule has 0 N–H and O–H groups in total. The van der Waals surface area contributed by atoms with Gasteiger partial charge in [-0.05, 0) is 32.1 Å². The van der Waals surface area contributed by atoms with Crippen molar-refractivity contribution in [1.82, 2.24) is 14.8 Å². The van der Waals surface area contributed by atoms with Crippen LogP contribution in [-0.4, -0.2) is 27.8 Å². The highest BCUT2D eigenvalue weighted by atomic mass is 16.5. The van der Waals surface area contributed by atoms with Crippen molar-refractivity contribution in [2.24, 2.45) is 11.8 Å². The maximum absolute atomic E-state index is 12.2. The van der Waals surface area contributed by atoms with Gasteiger partial charge in [0.05, 0.1) is 13.0 Å². The molecule has 2 atom stereocenters. The van der Waals surface area contributed by atoms with Gasteiger partial charge in [-0.2, -0.15) is 0 Å². The third kappa shape index (κ3) is 4.24. The molecule has 0 aliphatic heterocycles. The molecule has 2 aliphatic rings. The van der Waals surface area contributed by atoms with Crippen LogP contribution in [0, 0.1) is 11.8 Å². The Bertz CT molecular complexity index is 563. The largest absolute Gasteiger partial charge is 0.469 e. The number of nitrogens with zero attached hydrogens (tertiary/aromatic N) is 3. The molecule has 1 unspecified atom stereocenters. The Kier molecular flexibility index (Phi) is 6.49. The standard InChI is InChI=1S/C20H33N3O2/c1-3-23-18(14-13-15-9-5-4-6-10-15)21-22-19(23)16-11-7-8-12-17(16)20(24)25-2/h15-17H,3-14H2,1-2H3/t16?,17-/m0/s1. The summed E-state index contributed by atoms with van der Waals surface area (Å²) in [6.45, 7) is 3.04. The quantitative estimate of drug-likeness (QED) is 0.722. The van der Waals surface area contributed by atoms with Gasteiger partial charge in [0.15, 0.2) is 0 Å². The average Bonchev–Trinajstić information content (AvgIpc) is 3.09. The van der Waals surface area contributed by atoms with Crippen LogP contribution < -0.4 is 0 Å². The molecule has 2 fully saturated rings. The van der Waals surface area contributed by atoms with Crippen molar-refractivity contribution in [2.75, 3.05) is 7.11 Å². The molecule has 140 valence electrons. The summed E-state index contributed by atoms with van der Waals surface area (Å²) in [7, 11) is 1.49. The van der Waals surface area contributed by atoms with E-state index in [1.165, 1.54) is 45.6 Å². The zero-order valence-electron chi connectivity index (χ0n) is 15.9. The van der Waals surface area contributed by atoms with Gasteiger partial charge in [0.2, 0.25) is 0 Å². The van der Waals surface area contributed by atoms with E-state index in [1.54, 1.807) is 0 Å². The van der Waals surface area contributed by atoms with Gasteiger partial charge in [-0.3, -0.25) is 4.79 Å². The maximum Gasteiger partial charge on any atom is 0.309 e. The number of aryl methyl sites for hydroxylation is 1. The van der Waals surface area contributed by atoms with E-state index in [4.69, 9.17) is 4.74 Å².